The van der Waals surface area contributed by atoms with Crippen molar-refractivity contribution >= 4 is 40.0 Å². The number of nitrogens with zero attached hydrogens (tertiary/aromatic N) is 1. The molecule has 1 aromatic heterocycles. The molecule has 1 aliphatic carbocycles. The molecule has 14 heavy (non-hydrogen) atoms. The summed E-state index contributed by atoms with van der Waals surface area (Å²) in [5.41, 5.74) is 1.26. The van der Waals surface area contributed by atoms with Gasteiger partial charge in [0.2, 0.25) is 0 Å². The molecule has 0 aromatic carbocycles. The Morgan fingerprint density at radius 2 is 2.43 bits per heavy atom. The third kappa shape index (κ3) is 1.95. The topological polar surface area (TPSA) is 22.0 Å². The number of thiazole rings is 1. The minimum atomic E-state index is 0.214. The van der Waals surface area contributed by atoms with Gasteiger partial charge in [0.1, 0.15) is 0 Å². The third-order valence-corrected chi connectivity index (χ3v) is 4.11. The molecule has 0 amide bonds. The average Bonchev–Trinajstić information content (AvgIpc) is 2.51. The van der Waals surface area contributed by atoms with E-state index in [4.69, 9.17) is 0 Å². The van der Waals surface area contributed by atoms with Crippen LogP contribution in [-0.4, -0.2) is 8.99 Å². The second-order valence-electron chi connectivity index (χ2n) is 3.31. The van der Waals surface area contributed by atoms with Gasteiger partial charge in [0.25, 0.3) is 0 Å². The van der Waals surface area contributed by atoms with Crippen molar-refractivity contribution in [1.82, 2.24) is 4.57 Å². The third-order valence-electron chi connectivity index (χ3n) is 2.36. The highest BCUT2D eigenvalue weighted by molar-refractivity contribution is 14.1. The van der Waals surface area contributed by atoms with Gasteiger partial charge >= 0.3 is 4.87 Å². The maximum absolute atomic E-state index is 11.7. The minimum Gasteiger partial charge on any atom is -0.302 e. The van der Waals surface area contributed by atoms with Crippen LogP contribution in [-0.2, 0) is 13.0 Å². The molecule has 0 unspecified atom stereocenters. The maximum Gasteiger partial charge on any atom is 0.307 e. The van der Waals surface area contributed by atoms with Gasteiger partial charge in [-0.1, -0.05) is 40.0 Å². The summed E-state index contributed by atoms with van der Waals surface area (Å²) in [5.74, 6) is 0. The number of alkyl halides is 1. The van der Waals surface area contributed by atoms with Gasteiger partial charge in [0.15, 0.2) is 0 Å². The molecule has 0 bridgehead atoms. The zero-order valence-corrected chi connectivity index (χ0v) is 10.8. The molecule has 0 saturated heterocycles. The first kappa shape index (κ1) is 10.4. The Hall–Kier alpha value is -0.100. The number of hydrogen-bond donors (Lipinski definition) is 0. The minimum absolute atomic E-state index is 0.214. The van der Waals surface area contributed by atoms with E-state index in [9.17, 15) is 4.79 Å². The summed E-state index contributed by atoms with van der Waals surface area (Å²) in [6.45, 7) is 0.890. The Balaban J connectivity index is 2.34. The highest BCUT2D eigenvalue weighted by atomic mass is 127. The molecule has 76 valence electrons. The van der Waals surface area contributed by atoms with Crippen LogP contribution < -0.4 is 4.87 Å². The number of halogens is 1. The Morgan fingerprint density at radius 3 is 3.21 bits per heavy atom. The lowest BCUT2D eigenvalue weighted by Crippen LogP contribution is -2.16. The smallest absolute Gasteiger partial charge is 0.302 e. The average molecular weight is 321 g/mol. The second kappa shape index (κ2) is 4.61. The van der Waals surface area contributed by atoms with Gasteiger partial charge in [-0.05, 0) is 25.3 Å². The van der Waals surface area contributed by atoms with Crippen LogP contribution in [0, 0.1) is 0 Å². The van der Waals surface area contributed by atoms with Crippen LogP contribution in [0.15, 0.2) is 10.9 Å². The van der Waals surface area contributed by atoms with Gasteiger partial charge in [-0.2, -0.15) is 0 Å². The molecule has 2 nitrogen and oxygen atoms in total. The second-order valence-corrected chi connectivity index (χ2v) is 5.39. The highest BCUT2D eigenvalue weighted by Crippen LogP contribution is 2.21. The number of fused-ring (bicyclic) bond motifs is 1. The van der Waals surface area contributed by atoms with Crippen LogP contribution in [0.25, 0.3) is 6.08 Å². The molecule has 0 radical (unpaired) electrons. The molecule has 1 aliphatic rings. The molecule has 0 fully saturated rings. The summed E-state index contributed by atoms with van der Waals surface area (Å²) in [6, 6.07) is 0. The van der Waals surface area contributed by atoms with E-state index in [1.165, 1.54) is 21.9 Å². The SMILES string of the molecule is O=c1sc2c(n1CCCI)CCC=C2. The van der Waals surface area contributed by atoms with E-state index in [0.717, 1.165) is 30.2 Å². The largest absolute Gasteiger partial charge is 0.307 e. The highest BCUT2D eigenvalue weighted by Gasteiger charge is 2.13. The summed E-state index contributed by atoms with van der Waals surface area (Å²) >= 11 is 3.74. The lowest BCUT2D eigenvalue weighted by molar-refractivity contribution is 0.637. The lowest BCUT2D eigenvalue weighted by atomic mass is 10.1. The van der Waals surface area contributed by atoms with Crippen molar-refractivity contribution in [3.05, 3.63) is 26.3 Å². The number of hydrogen-bond acceptors (Lipinski definition) is 2. The molecule has 2 rings (SSSR count). The monoisotopic (exact) mass is 321 g/mol. The summed E-state index contributed by atoms with van der Waals surface area (Å²) in [5, 5.41) is 0. The van der Waals surface area contributed by atoms with Crippen molar-refractivity contribution in [2.75, 3.05) is 4.43 Å². The first-order valence-corrected chi connectivity index (χ1v) is 7.12. The number of rotatable bonds is 3. The predicted octanol–water partition coefficient (Wildman–Crippen LogP) is 2.69. The Labute approximate surface area is 101 Å². The normalized spacial score (nSPS) is 14.4. The zero-order chi connectivity index (χ0) is 9.97. The summed E-state index contributed by atoms with van der Waals surface area (Å²) in [7, 11) is 0. The van der Waals surface area contributed by atoms with Gasteiger partial charge in [-0.3, -0.25) is 4.79 Å². The van der Waals surface area contributed by atoms with Crippen LogP contribution in [0.5, 0.6) is 0 Å². The van der Waals surface area contributed by atoms with Crippen LogP contribution >= 0.6 is 33.9 Å². The van der Waals surface area contributed by atoms with Gasteiger partial charge in [-0.15, -0.1) is 0 Å². The molecule has 1 heterocycles. The van der Waals surface area contributed by atoms with Gasteiger partial charge in [-0.25, -0.2) is 0 Å². The van der Waals surface area contributed by atoms with Crippen molar-refractivity contribution < 1.29 is 0 Å². The van der Waals surface area contributed by atoms with E-state index in [-0.39, 0.29) is 4.87 Å². The van der Waals surface area contributed by atoms with Crippen molar-refractivity contribution in [3.8, 4) is 0 Å². The predicted molar refractivity (Wildman–Crippen MR) is 69.4 cm³/mol. The molecular weight excluding hydrogens is 309 g/mol. The molecule has 1 aromatic rings. The van der Waals surface area contributed by atoms with E-state index in [2.05, 4.69) is 34.7 Å². The quantitative estimate of drug-likeness (QED) is 0.620. The van der Waals surface area contributed by atoms with Crippen LogP contribution in [0.3, 0.4) is 0 Å². The maximum atomic E-state index is 11.7. The summed E-state index contributed by atoms with van der Waals surface area (Å²) < 4.78 is 3.08. The van der Waals surface area contributed by atoms with Gasteiger partial charge in [0.05, 0.1) is 4.88 Å². The molecule has 0 N–H and O–H groups in total. The summed E-state index contributed by atoms with van der Waals surface area (Å²) in [6.07, 6.45) is 7.44. The van der Waals surface area contributed by atoms with Gasteiger partial charge < -0.3 is 4.57 Å². The lowest BCUT2D eigenvalue weighted by Gasteiger charge is -2.09. The molecule has 0 saturated carbocycles. The zero-order valence-electron chi connectivity index (χ0n) is 7.83. The Bertz CT molecular complexity index is 405. The van der Waals surface area contributed by atoms with Crippen molar-refractivity contribution in [2.24, 2.45) is 0 Å². The Morgan fingerprint density at radius 1 is 1.57 bits per heavy atom. The molecule has 0 spiro atoms. The Kier molecular flexibility index (Phi) is 3.43. The fourth-order valence-corrected chi connectivity index (χ4v) is 3.03. The molecule has 0 atom stereocenters. The van der Waals surface area contributed by atoms with E-state index in [1.807, 2.05) is 4.57 Å². The molecule has 4 heteroatoms. The van der Waals surface area contributed by atoms with E-state index < -0.39 is 0 Å². The van der Waals surface area contributed by atoms with E-state index in [1.54, 1.807) is 0 Å². The van der Waals surface area contributed by atoms with Crippen LogP contribution in [0.2, 0.25) is 0 Å². The standard InChI is InChI=1S/C10H12INOS/c11-6-3-7-12-8-4-1-2-5-9(8)14-10(12)13/h2,5H,1,3-4,6-7H2. The van der Waals surface area contributed by atoms with Crippen LogP contribution in [0.4, 0.5) is 0 Å². The van der Waals surface area contributed by atoms with Crippen molar-refractivity contribution in [3.63, 3.8) is 0 Å². The van der Waals surface area contributed by atoms with Crippen molar-refractivity contribution in [2.45, 2.75) is 25.8 Å². The number of allylic oxidation sites excluding steroid dienone is 1. The molecule has 0 aliphatic heterocycles. The first-order chi connectivity index (χ1) is 6.83. The van der Waals surface area contributed by atoms with Gasteiger partial charge in [0, 0.05) is 16.7 Å². The number of aromatic nitrogens is 1. The fourth-order valence-electron chi connectivity index (χ4n) is 1.69. The van der Waals surface area contributed by atoms with E-state index in [0.29, 0.717) is 0 Å². The van der Waals surface area contributed by atoms with E-state index >= 15 is 0 Å². The molecular formula is C10H12INOS. The fraction of sp³-hybridized carbons (Fsp3) is 0.500. The first-order valence-electron chi connectivity index (χ1n) is 4.78. The summed E-state index contributed by atoms with van der Waals surface area (Å²) in [4.78, 5) is 13.0. The van der Waals surface area contributed by atoms with Crippen LogP contribution in [0.1, 0.15) is 23.4 Å². The van der Waals surface area contributed by atoms with Crippen molar-refractivity contribution in [1.29, 1.82) is 0 Å².